The van der Waals surface area contributed by atoms with Crippen LogP contribution in [0.25, 0.3) is 0 Å². The van der Waals surface area contributed by atoms with Crippen molar-refractivity contribution in [3.8, 4) is 0 Å². The number of aromatic nitrogens is 2. The molecule has 3 rings (SSSR count). The maximum atomic E-state index is 12.4. The summed E-state index contributed by atoms with van der Waals surface area (Å²) < 4.78 is 5.18. The predicted molar refractivity (Wildman–Crippen MR) is 79.2 cm³/mol. The molecule has 0 saturated heterocycles. The summed E-state index contributed by atoms with van der Waals surface area (Å²) in [5.41, 5.74) is 2.28. The summed E-state index contributed by atoms with van der Waals surface area (Å²) in [4.78, 5) is 18.5. The van der Waals surface area contributed by atoms with Crippen LogP contribution in [0.4, 0.5) is 5.69 Å². The van der Waals surface area contributed by atoms with Crippen LogP contribution in [0.1, 0.15) is 43.5 Å². The van der Waals surface area contributed by atoms with Gasteiger partial charge in [-0.05, 0) is 18.1 Å². The molecule has 0 atom stereocenters. The van der Waals surface area contributed by atoms with Gasteiger partial charge in [-0.15, -0.1) is 0 Å². The topological polar surface area (TPSA) is 59.2 Å². The molecule has 0 aliphatic carbocycles. The lowest BCUT2D eigenvalue weighted by Crippen LogP contribution is -2.29. The van der Waals surface area contributed by atoms with E-state index in [0.29, 0.717) is 24.6 Å². The zero-order chi connectivity index (χ0) is 14.8. The molecule has 0 radical (unpaired) electrons. The van der Waals surface area contributed by atoms with Gasteiger partial charge in [0.15, 0.2) is 5.82 Å². The molecule has 1 aromatic heterocycles. The van der Waals surface area contributed by atoms with Crippen molar-refractivity contribution < 1.29 is 9.32 Å². The average molecular weight is 285 g/mol. The van der Waals surface area contributed by atoms with E-state index in [1.807, 2.05) is 36.9 Å². The number of hydrogen-bond acceptors (Lipinski definition) is 4. The molecular formula is C16H19N3O2. The SMILES string of the molecule is CC(C)c1noc(CCC(=O)N2CCc3ccccc32)n1. The second kappa shape index (κ2) is 5.68. The highest BCUT2D eigenvalue weighted by Gasteiger charge is 2.24. The van der Waals surface area contributed by atoms with E-state index in [-0.39, 0.29) is 11.8 Å². The van der Waals surface area contributed by atoms with Crippen molar-refractivity contribution in [3.05, 3.63) is 41.5 Å². The molecule has 21 heavy (non-hydrogen) atoms. The minimum Gasteiger partial charge on any atom is -0.339 e. The van der Waals surface area contributed by atoms with Gasteiger partial charge in [-0.2, -0.15) is 4.98 Å². The van der Waals surface area contributed by atoms with Crippen molar-refractivity contribution in [2.75, 3.05) is 11.4 Å². The van der Waals surface area contributed by atoms with Crippen molar-refractivity contribution in [1.29, 1.82) is 0 Å². The standard InChI is InChI=1S/C16H19N3O2/c1-11(2)16-17-14(21-18-16)7-8-15(20)19-10-9-12-5-3-4-6-13(12)19/h3-6,11H,7-10H2,1-2H3. The van der Waals surface area contributed by atoms with E-state index >= 15 is 0 Å². The van der Waals surface area contributed by atoms with Gasteiger partial charge in [-0.3, -0.25) is 4.79 Å². The summed E-state index contributed by atoms with van der Waals surface area (Å²) in [6.45, 7) is 4.79. The smallest absolute Gasteiger partial charge is 0.227 e. The maximum Gasteiger partial charge on any atom is 0.227 e. The van der Waals surface area contributed by atoms with E-state index in [2.05, 4.69) is 16.2 Å². The minimum absolute atomic E-state index is 0.115. The summed E-state index contributed by atoms with van der Waals surface area (Å²) in [5.74, 6) is 1.59. The molecule has 0 fully saturated rings. The van der Waals surface area contributed by atoms with E-state index in [4.69, 9.17) is 4.52 Å². The Morgan fingerprint density at radius 2 is 2.19 bits per heavy atom. The first-order valence-electron chi connectivity index (χ1n) is 7.36. The van der Waals surface area contributed by atoms with E-state index in [1.54, 1.807) is 0 Å². The van der Waals surface area contributed by atoms with Gasteiger partial charge < -0.3 is 9.42 Å². The van der Waals surface area contributed by atoms with Crippen LogP contribution in [0, 0.1) is 0 Å². The Morgan fingerprint density at radius 1 is 1.38 bits per heavy atom. The zero-order valence-electron chi connectivity index (χ0n) is 12.4. The summed E-state index contributed by atoms with van der Waals surface area (Å²) in [7, 11) is 0. The molecular weight excluding hydrogens is 266 g/mol. The summed E-state index contributed by atoms with van der Waals surface area (Å²) in [6, 6.07) is 8.06. The molecule has 0 saturated carbocycles. The fourth-order valence-corrected chi connectivity index (χ4v) is 2.55. The highest BCUT2D eigenvalue weighted by atomic mass is 16.5. The number of aryl methyl sites for hydroxylation is 1. The average Bonchev–Trinajstić information content (AvgIpc) is 3.11. The van der Waals surface area contributed by atoms with Crippen molar-refractivity contribution >= 4 is 11.6 Å². The first-order valence-corrected chi connectivity index (χ1v) is 7.36. The van der Waals surface area contributed by atoms with Crippen molar-refractivity contribution in [2.45, 2.75) is 39.0 Å². The lowest BCUT2D eigenvalue weighted by molar-refractivity contribution is -0.118. The van der Waals surface area contributed by atoms with Crippen molar-refractivity contribution in [1.82, 2.24) is 10.1 Å². The normalized spacial score (nSPS) is 13.8. The molecule has 1 aliphatic heterocycles. The van der Waals surface area contributed by atoms with E-state index < -0.39 is 0 Å². The van der Waals surface area contributed by atoms with Gasteiger partial charge in [0, 0.05) is 31.0 Å². The number of fused-ring (bicyclic) bond motifs is 1. The molecule has 5 heteroatoms. The molecule has 1 amide bonds. The van der Waals surface area contributed by atoms with Crippen LogP contribution < -0.4 is 4.90 Å². The van der Waals surface area contributed by atoms with E-state index in [9.17, 15) is 4.79 Å². The number of carbonyl (C=O) groups is 1. The molecule has 0 bridgehead atoms. The zero-order valence-corrected chi connectivity index (χ0v) is 12.4. The third-order valence-corrected chi connectivity index (χ3v) is 3.74. The van der Waals surface area contributed by atoms with Gasteiger partial charge in [-0.1, -0.05) is 37.2 Å². The molecule has 5 nitrogen and oxygen atoms in total. The molecule has 0 unspecified atom stereocenters. The van der Waals surface area contributed by atoms with Gasteiger partial charge in [0.05, 0.1) is 0 Å². The number of rotatable bonds is 4. The predicted octanol–water partition coefficient (Wildman–Crippen LogP) is 2.71. The lowest BCUT2D eigenvalue weighted by atomic mass is 10.2. The van der Waals surface area contributed by atoms with Gasteiger partial charge in [0.1, 0.15) is 0 Å². The Balaban J connectivity index is 1.62. The van der Waals surface area contributed by atoms with Crippen molar-refractivity contribution in [3.63, 3.8) is 0 Å². The molecule has 1 aliphatic rings. The van der Waals surface area contributed by atoms with E-state index in [1.165, 1.54) is 5.56 Å². The number of nitrogens with zero attached hydrogens (tertiary/aromatic N) is 3. The van der Waals surface area contributed by atoms with Crippen LogP contribution in [0.3, 0.4) is 0 Å². The fourth-order valence-electron chi connectivity index (χ4n) is 2.55. The highest BCUT2D eigenvalue weighted by Crippen LogP contribution is 2.28. The number of amides is 1. The summed E-state index contributed by atoms with van der Waals surface area (Å²) in [6.07, 6.45) is 1.82. The molecule has 110 valence electrons. The Morgan fingerprint density at radius 3 is 2.95 bits per heavy atom. The molecule has 0 N–H and O–H groups in total. The van der Waals surface area contributed by atoms with Gasteiger partial charge in [0.25, 0.3) is 0 Å². The lowest BCUT2D eigenvalue weighted by Gasteiger charge is -2.16. The highest BCUT2D eigenvalue weighted by molar-refractivity contribution is 5.95. The monoisotopic (exact) mass is 285 g/mol. The molecule has 0 spiro atoms. The Hall–Kier alpha value is -2.17. The number of para-hydroxylation sites is 1. The van der Waals surface area contributed by atoms with E-state index in [0.717, 1.165) is 18.7 Å². The third kappa shape index (κ3) is 2.82. The Labute approximate surface area is 124 Å². The summed E-state index contributed by atoms with van der Waals surface area (Å²) in [5, 5.41) is 3.92. The second-order valence-electron chi connectivity index (χ2n) is 5.63. The van der Waals surface area contributed by atoms with Crippen LogP contribution >= 0.6 is 0 Å². The summed E-state index contributed by atoms with van der Waals surface area (Å²) >= 11 is 0. The Bertz CT molecular complexity index is 648. The Kier molecular flexibility index (Phi) is 3.73. The molecule has 1 aromatic carbocycles. The second-order valence-corrected chi connectivity index (χ2v) is 5.63. The quantitative estimate of drug-likeness (QED) is 0.866. The van der Waals surface area contributed by atoms with Crippen LogP contribution in [0.5, 0.6) is 0 Å². The van der Waals surface area contributed by atoms with Crippen LogP contribution in [0.2, 0.25) is 0 Å². The largest absolute Gasteiger partial charge is 0.339 e. The third-order valence-electron chi connectivity index (χ3n) is 3.74. The first-order chi connectivity index (χ1) is 10.1. The van der Waals surface area contributed by atoms with Crippen LogP contribution in [-0.2, 0) is 17.6 Å². The molecule has 2 aromatic rings. The molecule has 2 heterocycles. The number of carbonyl (C=O) groups excluding carboxylic acids is 1. The van der Waals surface area contributed by atoms with Crippen molar-refractivity contribution in [2.24, 2.45) is 0 Å². The van der Waals surface area contributed by atoms with Crippen LogP contribution in [-0.4, -0.2) is 22.6 Å². The maximum absolute atomic E-state index is 12.4. The van der Waals surface area contributed by atoms with Gasteiger partial charge >= 0.3 is 0 Å². The van der Waals surface area contributed by atoms with Crippen LogP contribution in [0.15, 0.2) is 28.8 Å². The number of hydrogen-bond donors (Lipinski definition) is 0. The van der Waals surface area contributed by atoms with Gasteiger partial charge in [-0.25, -0.2) is 0 Å². The first kappa shape index (κ1) is 13.8. The van der Waals surface area contributed by atoms with Gasteiger partial charge in [0.2, 0.25) is 11.8 Å². The number of benzene rings is 1. The number of anilines is 1. The fraction of sp³-hybridized carbons (Fsp3) is 0.438. The minimum atomic E-state index is 0.115.